The number of nitrogens with zero attached hydrogens (tertiary/aromatic N) is 2. The molecule has 2 saturated heterocycles. The van der Waals surface area contributed by atoms with E-state index >= 15 is 0 Å². The average Bonchev–Trinajstić information content (AvgIpc) is 3.26. The van der Waals surface area contributed by atoms with Gasteiger partial charge in [-0.25, -0.2) is 0 Å². The summed E-state index contributed by atoms with van der Waals surface area (Å²) in [6.45, 7) is 2.46. The number of rotatable bonds is 3. The minimum absolute atomic E-state index is 0.00176. The zero-order valence-electron chi connectivity index (χ0n) is 13.7. The van der Waals surface area contributed by atoms with Crippen molar-refractivity contribution in [2.75, 3.05) is 19.7 Å². The molecule has 23 heavy (non-hydrogen) atoms. The van der Waals surface area contributed by atoms with Gasteiger partial charge in [-0.05, 0) is 31.2 Å². The van der Waals surface area contributed by atoms with Gasteiger partial charge in [-0.2, -0.15) is 5.10 Å². The number of carbonyl (C=O) groups is 1. The predicted molar refractivity (Wildman–Crippen MR) is 85.9 cm³/mol. The maximum atomic E-state index is 12.9. The molecule has 2 N–H and O–H groups in total. The van der Waals surface area contributed by atoms with Crippen LogP contribution in [0.25, 0.3) is 0 Å². The van der Waals surface area contributed by atoms with Gasteiger partial charge in [0.2, 0.25) is 5.91 Å². The molecule has 5 atom stereocenters. The Hall–Kier alpha value is -1.40. The smallest absolute Gasteiger partial charge is 0.225 e. The number of hydrogen-bond acceptors (Lipinski definition) is 4. The van der Waals surface area contributed by atoms with E-state index in [0.717, 1.165) is 50.9 Å². The van der Waals surface area contributed by atoms with Crippen molar-refractivity contribution in [2.45, 2.75) is 43.7 Å². The molecular weight excluding hydrogens is 292 g/mol. The summed E-state index contributed by atoms with van der Waals surface area (Å²) in [7, 11) is 1.92. The fraction of sp³-hybridized carbons (Fsp3) is 0.765. The molecule has 1 aliphatic carbocycles. The van der Waals surface area contributed by atoms with Crippen LogP contribution in [0.15, 0.2) is 12.4 Å². The maximum Gasteiger partial charge on any atom is 0.225 e. The van der Waals surface area contributed by atoms with Crippen molar-refractivity contribution < 1.29 is 9.53 Å². The third kappa shape index (κ3) is 2.90. The Bertz CT molecular complexity index is 573. The van der Waals surface area contributed by atoms with Crippen molar-refractivity contribution in [1.82, 2.24) is 20.4 Å². The zero-order valence-corrected chi connectivity index (χ0v) is 13.7. The first-order valence-electron chi connectivity index (χ1n) is 8.83. The summed E-state index contributed by atoms with van der Waals surface area (Å²) < 4.78 is 7.62. The predicted octanol–water partition coefficient (Wildman–Crippen LogP) is 0.797. The zero-order chi connectivity index (χ0) is 15.8. The number of carbonyl (C=O) groups excluding carboxylic acids is 1. The van der Waals surface area contributed by atoms with Gasteiger partial charge < -0.3 is 15.4 Å². The second-order valence-electron chi connectivity index (χ2n) is 7.23. The van der Waals surface area contributed by atoms with Crippen LogP contribution in [0, 0.1) is 11.8 Å². The Kier molecular flexibility index (Phi) is 4.11. The molecule has 2 aliphatic heterocycles. The van der Waals surface area contributed by atoms with Gasteiger partial charge in [0.05, 0.1) is 18.2 Å². The van der Waals surface area contributed by atoms with Crippen molar-refractivity contribution in [2.24, 2.45) is 18.9 Å². The highest BCUT2D eigenvalue weighted by molar-refractivity contribution is 5.80. The highest BCUT2D eigenvalue weighted by Gasteiger charge is 2.41. The number of hydrogen-bond donors (Lipinski definition) is 2. The number of amides is 1. The van der Waals surface area contributed by atoms with Gasteiger partial charge in [-0.1, -0.05) is 0 Å². The summed E-state index contributed by atoms with van der Waals surface area (Å²) in [5.41, 5.74) is 1.16. The van der Waals surface area contributed by atoms with Crippen LogP contribution in [-0.4, -0.2) is 47.5 Å². The third-order valence-electron chi connectivity index (χ3n) is 5.81. The number of aryl methyl sites for hydroxylation is 1. The van der Waals surface area contributed by atoms with E-state index in [2.05, 4.69) is 15.7 Å². The summed E-state index contributed by atoms with van der Waals surface area (Å²) in [5, 5.41) is 11.0. The lowest BCUT2D eigenvalue weighted by atomic mass is 9.81. The summed E-state index contributed by atoms with van der Waals surface area (Å²) in [6.07, 6.45) is 8.77. The van der Waals surface area contributed by atoms with E-state index in [0.29, 0.717) is 18.1 Å². The second-order valence-corrected chi connectivity index (χ2v) is 7.23. The Morgan fingerprint density at radius 1 is 1.39 bits per heavy atom. The first-order valence-corrected chi connectivity index (χ1v) is 8.83. The monoisotopic (exact) mass is 318 g/mol. The first-order chi connectivity index (χ1) is 11.2. The van der Waals surface area contributed by atoms with Crippen molar-refractivity contribution in [3.8, 4) is 0 Å². The SMILES string of the molecule is Cn1cc([C@H]2CNC[C@@H]2C(=O)NC2CCCC3OCCC23)cn1. The molecule has 6 nitrogen and oxygen atoms in total. The first kappa shape index (κ1) is 15.1. The molecule has 1 aromatic heterocycles. The molecule has 3 unspecified atom stereocenters. The molecule has 1 amide bonds. The van der Waals surface area contributed by atoms with Gasteiger partial charge in [0, 0.05) is 50.8 Å². The van der Waals surface area contributed by atoms with Gasteiger partial charge in [-0.15, -0.1) is 0 Å². The third-order valence-corrected chi connectivity index (χ3v) is 5.81. The van der Waals surface area contributed by atoms with Crippen LogP contribution in [0.2, 0.25) is 0 Å². The van der Waals surface area contributed by atoms with E-state index in [4.69, 9.17) is 4.74 Å². The van der Waals surface area contributed by atoms with Gasteiger partial charge in [-0.3, -0.25) is 9.48 Å². The molecule has 0 spiro atoms. The van der Waals surface area contributed by atoms with Crippen LogP contribution in [0.4, 0.5) is 0 Å². The minimum atomic E-state index is 0.00176. The Labute approximate surface area is 137 Å². The Balaban J connectivity index is 1.43. The van der Waals surface area contributed by atoms with Crippen LogP contribution in [0.1, 0.15) is 37.2 Å². The largest absolute Gasteiger partial charge is 0.378 e. The van der Waals surface area contributed by atoms with E-state index in [1.807, 2.05) is 24.1 Å². The van der Waals surface area contributed by atoms with Gasteiger partial charge in [0.15, 0.2) is 0 Å². The number of fused-ring (bicyclic) bond motifs is 1. The average molecular weight is 318 g/mol. The Morgan fingerprint density at radius 2 is 2.30 bits per heavy atom. The second kappa shape index (κ2) is 6.24. The highest BCUT2D eigenvalue weighted by Crippen LogP contribution is 2.35. The van der Waals surface area contributed by atoms with E-state index in [1.165, 1.54) is 0 Å². The minimum Gasteiger partial charge on any atom is -0.378 e. The quantitative estimate of drug-likeness (QED) is 0.865. The van der Waals surface area contributed by atoms with Crippen LogP contribution in [-0.2, 0) is 16.6 Å². The summed E-state index contributed by atoms with van der Waals surface area (Å²) in [4.78, 5) is 12.9. The van der Waals surface area contributed by atoms with Crippen molar-refractivity contribution in [1.29, 1.82) is 0 Å². The standard InChI is InChI=1S/C17H26N4O2/c1-21-10-11(7-19-21)13-8-18-9-14(13)17(22)20-15-3-2-4-16-12(15)5-6-23-16/h7,10,12-16,18H,2-6,8-9H2,1H3,(H,20,22)/t12?,13-,14+,15?,16?/m1/s1. The summed E-state index contributed by atoms with van der Waals surface area (Å²) in [6, 6.07) is 0.291. The molecule has 1 saturated carbocycles. The van der Waals surface area contributed by atoms with E-state index in [1.54, 1.807) is 0 Å². The lowest BCUT2D eigenvalue weighted by molar-refractivity contribution is -0.126. The topological polar surface area (TPSA) is 68.2 Å². The summed E-state index contributed by atoms with van der Waals surface area (Å²) in [5.74, 6) is 0.935. The Morgan fingerprint density at radius 3 is 3.13 bits per heavy atom. The summed E-state index contributed by atoms with van der Waals surface area (Å²) >= 11 is 0. The van der Waals surface area contributed by atoms with Gasteiger partial charge in [0.1, 0.15) is 0 Å². The highest BCUT2D eigenvalue weighted by atomic mass is 16.5. The molecule has 6 heteroatoms. The maximum absolute atomic E-state index is 12.9. The lowest BCUT2D eigenvalue weighted by Crippen LogP contribution is -2.48. The molecule has 3 fully saturated rings. The molecule has 0 radical (unpaired) electrons. The fourth-order valence-corrected chi connectivity index (χ4v) is 4.58. The molecule has 0 bridgehead atoms. The fourth-order valence-electron chi connectivity index (χ4n) is 4.58. The number of aromatic nitrogens is 2. The molecule has 126 valence electrons. The van der Waals surface area contributed by atoms with E-state index < -0.39 is 0 Å². The van der Waals surface area contributed by atoms with Gasteiger partial charge >= 0.3 is 0 Å². The van der Waals surface area contributed by atoms with E-state index in [9.17, 15) is 4.79 Å². The molecule has 4 rings (SSSR count). The van der Waals surface area contributed by atoms with Crippen LogP contribution >= 0.6 is 0 Å². The van der Waals surface area contributed by atoms with Crippen LogP contribution in [0.5, 0.6) is 0 Å². The molecular formula is C17H26N4O2. The van der Waals surface area contributed by atoms with Crippen molar-refractivity contribution in [3.63, 3.8) is 0 Å². The molecule has 1 aromatic rings. The van der Waals surface area contributed by atoms with Crippen LogP contribution in [0.3, 0.4) is 0 Å². The van der Waals surface area contributed by atoms with Gasteiger partial charge in [0.25, 0.3) is 0 Å². The number of ether oxygens (including phenoxy) is 1. The number of nitrogens with one attached hydrogen (secondary N) is 2. The van der Waals surface area contributed by atoms with Crippen molar-refractivity contribution in [3.05, 3.63) is 18.0 Å². The normalized spacial score (nSPS) is 36.8. The van der Waals surface area contributed by atoms with Crippen LogP contribution < -0.4 is 10.6 Å². The molecule has 0 aromatic carbocycles. The lowest BCUT2D eigenvalue weighted by Gasteiger charge is -2.34. The molecule has 3 heterocycles. The van der Waals surface area contributed by atoms with Crippen molar-refractivity contribution >= 4 is 5.91 Å². The molecule has 3 aliphatic rings. The van der Waals surface area contributed by atoms with E-state index in [-0.39, 0.29) is 17.7 Å².